The molecule has 2 aromatic rings. The number of rotatable bonds is 6. The summed E-state index contributed by atoms with van der Waals surface area (Å²) in [5.74, 6) is -0.387. The van der Waals surface area contributed by atoms with Gasteiger partial charge < -0.3 is 19.6 Å². The minimum atomic E-state index is -4.63. The number of hydrogen-bond acceptors (Lipinski definition) is 6. The molecule has 0 radical (unpaired) electrons. The lowest BCUT2D eigenvalue weighted by Gasteiger charge is -2.38. The molecule has 2 aliphatic rings. The lowest BCUT2D eigenvalue weighted by Crippen LogP contribution is -2.43. The van der Waals surface area contributed by atoms with Crippen LogP contribution in [0.4, 0.5) is 19.0 Å². The van der Waals surface area contributed by atoms with E-state index in [1.54, 1.807) is 23.1 Å². The van der Waals surface area contributed by atoms with E-state index >= 15 is 0 Å². The molecule has 192 valence electrons. The van der Waals surface area contributed by atoms with Gasteiger partial charge in [-0.3, -0.25) is 0 Å². The van der Waals surface area contributed by atoms with Crippen molar-refractivity contribution in [2.45, 2.75) is 38.0 Å². The van der Waals surface area contributed by atoms with Crippen LogP contribution >= 0.6 is 11.6 Å². The number of nitriles is 1. The molecule has 2 saturated heterocycles. The number of nitrogens with zero attached hydrogens (tertiary/aromatic N) is 4. The molecule has 1 N–H and O–H groups in total. The topological polar surface area (TPSA) is 89.7 Å². The van der Waals surface area contributed by atoms with Crippen molar-refractivity contribution < 1.29 is 27.8 Å². The van der Waals surface area contributed by atoms with Crippen LogP contribution in [0.15, 0.2) is 30.3 Å². The first kappa shape index (κ1) is 26.0. The van der Waals surface area contributed by atoms with Gasteiger partial charge in [-0.05, 0) is 55.9 Å². The van der Waals surface area contributed by atoms with E-state index in [2.05, 4.69) is 9.88 Å². The van der Waals surface area contributed by atoms with Crippen molar-refractivity contribution in [2.24, 2.45) is 5.92 Å². The molecule has 11 heteroatoms. The van der Waals surface area contributed by atoms with E-state index < -0.39 is 17.8 Å². The summed E-state index contributed by atoms with van der Waals surface area (Å²) in [6.45, 7) is 3.53. The summed E-state index contributed by atoms with van der Waals surface area (Å²) >= 11 is 6.08. The number of anilines is 1. The van der Waals surface area contributed by atoms with Gasteiger partial charge in [0, 0.05) is 38.8 Å². The number of carboxylic acids is 1. The highest BCUT2D eigenvalue weighted by Crippen LogP contribution is 2.32. The highest BCUT2D eigenvalue weighted by atomic mass is 35.5. The fraction of sp³-hybridized carbons (Fsp3) is 0.480. The predicted octanol–water partition coefficient (Wildman–Crippen LogP) is 5.08. The van der Waals surface area contributed by atoms with Crippen LogP contribution in [-0.2, 0) is 6.18 Å². The van der Waals surface area contributed by atoms with Crippen molar-refractivity contribution in [1.82, 2.24) is 9.88 Å². The average Bonchev–Trinajstić information content (AvgIpc) is 2.85. The van der Waals surface area contributed by atoms with E-state index in [0.29, 0.717) is 41.4 Å². The SMILES string of the molecule is N#Cc1ccc(OC2CCN(CC3CCN(c4nc(C(F)(F)F)ccc4C(=O)O)CC3)CC2)cc1Cl. The van der Waals surface area contributed by atoms with Crippen molar-refractivity contribution >= 4 is 23.4 Å². The van der Waals surface area contributed by atoms with Crippen LogP contribution < -0.4 is 9.64 Å². The standard InChI is InChI=1S/C25H26ClF3N4O3/c26-21-13-19(2-1-17(21)14-30)36-18-7-9-32(10-8-18)15-16-5-11-33(12-6-16)23-20(24(34)35)3-4-22(31-23)25(27,28)29/h1-4,13,16,18H,5-12,15H2,(H,34,35). The summed E-state index contributed by atoms with van der Waals surface area (Å²) in [7, 11) is 0. The minimum absolute atomic E-state index is 0.0634. The van der Waals surface area contributed by atoms with Crippen LogP contribution in [-0.4, -0.2) is 59.8 Å². The number of piperidine rings is 2. The molecule has 0 amide bonds. The Kier molecular flexibility index (Phi) is 7.91. The number of hydrogen-bond donors (Lipinski definition) is 1. The van der Waals surface area contributed by atoms with E-state index in [-0.39, 0.29) is 17.5 Å². The summed E-state index contributed by atoms with van der Waals surface area (Å²) < 4.78 is 45.4. The Morgan fingerprint density at radius 2 is 1.83 bits per heavy atom. The van der Waals surface area contributed by atoms with E-state index in [4.69, 9.17) is 21.6 Å². The summed E-state index contributed by atoms with van der Waals surface area (Å²) in [5.41, 5.74) is -0.891. The van der Waals surface area contributed by atoms with Gasteiger partial charge in [0.05, 0.1) is 10.6 Å². The summed E-state index contributed by atoms with van der Waals surface area (Å²) in [6, 6.07) is 8.78. The summed E-state index contributed by atoms with van der Waals surface area (Å²) in [4.78, 5) is 19.2. The molecule has 7 nitrogen and oxygen atoms in total. The largest absolute Gasteiger partial charge is 0.490 e. The monoisotopic (exact) mass is 522 g/mol. The zero-order valence-corrected chi connectivity index (χ0v) is 20.2. The van der Waals surface area contributed by atoms with Crippen molar-refractivity contribution in [3.63, 3.8) is 0 Å². The number of alkyl halides is 3. The number of benzene rings is 1. The second-order valence-electron chi connectivity index (χ2n) is 9.17. The van der Waals surface area contributed by atoms with Crippen LogP contribution in [0.5, 0.6) is 5.75 Å². The van der Waals surface area contributed by atoms with Crippen molar-refractivity contribution in [3.8, 4) is 11.8 Å². The number of likely N-dealkylation sites (tertiary alicyclic amines) is 1. The van der Waals surface area contributed by atoms with Crippen molar-refractivity contribution in [3.05, 3.63) is 52.2 Å². The van der Waals surface area contributed by atoms with Crippen LogP contribution in [0.3, 0.4) is 0 Å². The average molecular weight is 523 g/mol. The maximum atomic E-state index is 13.1. The zero-order chi connectivity index (χ0) is 25.9. The fourth-order valence-corrected chi connectivity index (χ4v) is 4.98. The molecule has 0 atom stereocenters. The molecule has 0 unspecified atom stereocenters. The number of aromatic carboxylic acids is 1. The van der Waals surface area contributed by atoms with E-state index in [1.165, 1.54) is 0 Å². The molecule has 0 spiro atoms. The smallest absolute Gasteiger partial charge is 0.433 e. The quantitative estimate of drug-likeness (QED) is 0.565. The number of pyridine rings is 1. The molecular weight excluding hydrogens is 497 g/mol. The normalized spacial score (nSPS) is 18.1. The Bertz CT molecular complexity index is 1140. The van der Waals surface area contributed by atoms with E-state index in [9.17, 15) is 23.1 Å². The highest BCUT2D eigenvalue weighted by Gasteiger charge is 2.35. The number of ether oxygens (including phenoxy) is 1. The van der Waals surface area contributed by atoms with Gasteiger partial charge in [0.25, 0.3) is 0 Å². The molecule has 0 bridgehead atoms. The van der Waals surface area contributed by atoms with Gasteiger partial charge in [-0.25, -0.2) is 9.78 Å². The molecule has 2 aliphatic heterocycles. The Hall–Kier alpha value is -3.03. The third-order valence-electron chi connectivity index (χ3n) is 6.72. The Morgan fingerprint density at radius 1 is 1.14 bits per heavy atom. The molecule has 3 heterocycles. The van der Waals surface area contributed by atoms with Crippen molar-refractivity contribution in [2.75, 3.05) is 37.6 Å². The van der Waals surface area contributed by atoms with Gasteiger partial charge >= 0.3 is 12.1 Å². The van der Waals surface area contributed by atoms with E-state index in [1.807, 2.05) is 6.07 Å². The molecule has 2 fully saturated rings. The summed E-state index contributed by atoms with van der Waals surface area (Å²) in [5, 5.41) is 18.8. The van der Waals surface area contributed by atoms with Gasteiger partial charge in [0.1, 0.15) is 35.0 Å². The number of aromatic nitrogens is 1. The highest BCUT2D eigenvalue weighted by molar-refractivity contribution is 6.31. The van der Waals surface area contributed by atoms with E-state index in [0.717, 1.165) is 51.4 Å². The Morgan fingerprint density at radius 3 is 2.42 bits per heavy atom. The van der Waals surface area contributed by atoms with Crippen LogP contribution in [0.1, 0.15) is 47.3 Å². The first-order valence-electron chi connectivity index (χ1n) is 11.8. The fourth-order valence-electron chi connectivity index (χ4n) is 4.77. The first-order chi connectivity index (χ1) is 17.1. The molecule has 0 saturated carbocycles. The molecule has 1 aromatic carbocycles. The lowest BCUT2D eigenvalue weighted by molar-refractivity contribution is -0.141. The second kappa shape index (κ2) is 10.9. The zero-order valence-electron chi connectivity index (χ0n) is 19.5. The van der Waals surface area contributed by atoms with Gasteiger partial charge in [-0.2, -0.15) is 18.4 Å². The van der Waals surface area contributed by atoms with Gasteiger partial charge in [0.15, 0.2) is 0 Å². The number of halogens is 4. The molecule has 4 rings (SSSR count). The Labute approximate surface area is 212 Å². The van der Waals surface area contributed by atoms with Crippen LogP contribution in [0.25, 0.3) is 0 Å². The van der Waals surface area contributed by atoms with Gasteiger partial charge in [-0.15, -0.1) is 0 Å². The lowest BCUT2D eigenvalue weighted by atomic mass is 9.94. The molecule has 0 aliphatic carbocycles. The van der Waals surface area contributed by atoms with Crippen LogP contribution in [0.2, 0.25) is 5.02 Å². The number of carbonyl (C=O) groups is 1. The third-order valence-corrected chi connectivity index (χ3v) is 7.04. The summed E-state index contributed by atoms with van der Waals surface area (Å²) in [6.07, 6.45) is -1.37. The first-order valence-corrected chi connectivity index (χ1v) is 12.2. The molecule has 36 heavy (non-hydrogen) atoms. The maximum absolute atomic E-state index is 13.1. The van der Waals surface area contributed by atoms with Gasteiger partial charge in [0.2, 0.25) is 0 Å². The van der Waals surface area contributed by atoms with Gasteiger partial charge in [-0.1, -0.05) is 11.6 Å². The number of carboxylic acid groups (broad SMARTS) is 1. The maximum Gasteiger partial charge on any atom is 0.433 e. The Balaban J connectivity index is 1.27. The van der Waals surface area contributed by atoms with Crippen molar-refractivity contribution in [1.29, 1.82) is 5.26 Å². The minimum Gasteiger partial charge on any atom is -0.490 e. The predicted molar refractivity (Wildman–Crippen MR) is 127 cm³/mol. The molecule has 1 aromatic heterocycles. The van der Waals surface area contributed by atoms with Crippen LogP contribution in [0, 0.1) is 17.2 Å². The second-order valence-corrected chi connectivity index (χ2v) is 9.58. The molecular formula is C25H26ClF3N4O3. The third kappa shape index (κ3) is 6.20.